The zero-order valence-electron chi connectivity index (χ0n) is 23.7. The highest BCUT2D eigenvalue weighted by atomic mass is 16.6. The number of nitrogens with zero attached hydrogens (tertiary/aromatic N) is 3. The van der Waals surface area contributed by atoms with Crippen molar-refractivity contribution < 1.29 is 23.9 Å². The van der Waals surface area contributed by atoms with Crippen LogP contribution in [0.1, 0.15) is 40.1 Å². The number of benzene rings is 3. The lowest BCUT2D eigenvalue weighted by molar-refractivity contribution is -0.138. The Morgan fingerprint density at radius 3 is 2.41 bits per heavy atom. The van der Waals surface area contributed by atoms with E-state index in [4.69, 9.17) is 9.47 Å². The Morgan fingerprint density at radius 2 is 1.71 bits per heavy atom. The molecule has 3 aromatic carbocycles. The molecule has 0 aromatic heterocycles. The van der Waals surface area contributed by atoms with E-state index in [1.165, 1.54) is 12.0 Å². The van der Waals surface area contributed by atoms with Gasteiger partial charge in [0.15, 0.2) is 12.1 Å². The van der Waals surface area contributed by atoms with Crippen molar-refractivity contribution >= 4 is 23.6 Å². The fraction of sp³-hybridized carbons (Fsp3) is 0.344. The molecule has 0 aliphatic carbocycles. The summed E-state index contributed by atoms with van der Waals surface area (Å²) in [6.07, 6.45) is -1.36. The van der Waals surface area contributed by atoms with Crippen molar-refractivity contribution in [2.75, 3.05) is 45.2 Å². The average molecular weight is 557 g/mol. The Labute approximate surface area is 240 Å². The molecule has 214 valence electrons. The van der Waals surface area contributed by atoms with Crippen LogP contribution in [-0.2, 0) is 16.1 Å². The van der Waals surface area contributed by atoms with E-state index in [1.54, 1.807) is 42.5 Å². The van der Waals surface area contributed by atoms with Crippen molar-refractivity contribution in [2.24, 2.45) is 0 Å². The van der Waals surface area contributed by atoms with E-state index < -0.39 is 18.2 Å². The van der Waals surface area contributed by atoms with Gasteiger partial charge in [-0.2, -0.15) is 0 Å². The molecule has 3 aromatic rings. The minimum absolute atomic E-state index is 0.132. The van der Waals surface area contributed by atoms with Crippen LogP contribution >= 0.6 is 0 Å². The summed E-state index contributed by atoms with van der Waals surface area (Å²) in [4.78, 5) is 46.0. The van der Waals surface area contributed by atoms with Gasteiger partial charge in [-0.3, -0.25) is 14.5 Å². The number of nitrogens with one attached hydrogen (secondary N) is 1. The van der Waals surface area contributed by atoms with Crippen molar-refractivity contribution in [1.29, 1.82) is 0 Å². The molecule has 2 heterocycles. The minimum atomic E-state index is -0.836. The summed E-state index contributed by atoms with van der Waals surface area (Å²) in [6.45, 7) is 8.07. The van der Waals surface area contributed by atoms with Crippen LogP contribution in [0.3, 0.4) is 0 Å². The maximum Gasteiger partial charge on any atom is 0.411 e. The van der Waals surface area contributed by atoms with Crippen LogP contribution in [0.4, 0.5) is 10.5 Å². The molecule has 5 rings (SSSR count). The Bertz CT molecular complexity index is 1400. The van der Waals surface area contributed by atoms with E-state index >= 15 is 0 Å². The van der Waals surface area contributed by atoms with Crippen molar-refractivity contribution in [3.63, 3.8) is 0 Å². The number of rotatable bonds is 8. The number of hydrogen-bond donors (Lipinski definition) is 1. The summed E-state index contributed by atoms with van der Waals surface area (Å²) in [7, 11) is 1.52. The van der Waals surface area contributed by atoms with Crippen molar-refractivity contribution in [3.05, 3.63) is 95.1 Å². The highest BCUT2D eigenvalue weighted by Gasteiger charge is 2.48. The highest BCUT2D eigenvalue weighted by Crippen LogP contribution is 2.36. The number of likely N-dealkylation sites (N-methyl/N-ethyl adjacent to an activating group) is 1. The number of piperazine rings is 1. The molecular formula is C32H36N4O5. The Balaban J connectivity index is 1.42. The third-order valence-electron chi connectivity index (χ3n) is 7.77. The van der Waals surface area contributed by atoms with Gasteiger partial charge in [0.05, 0.1) is 19.2 Å². The molecule has 2 fully saturated rings. The maximum absolute atomic E-state index is 14.0. The van der Waals surface area contributed by atoms with Gasteiger partial charge >= 0.3 is 6.09 Å². The number of amides is 3. The first-order chi connectivity index (χ1) is 19.9. The first kappa shape index (κ1) is 28.2. The second kappa shape index (κ2) is 12.4. The quantitative estimate of drug-likeness (QED) is 0.440. The predicted molar refractivity (Wildman–Crippen MR) is 156 cm³/mol. The third kappa shape index (κ3) is 6.20. The summed E-state index contributed by atoms with van der Waals surface area (Å²) >= 11 is 0. The van der Waals surface area contributed by atoms with Crippen molar-refractivity contribution in [1.82, 2.24) is 14.7 Å². The van der Waals surface area contributed by atoms with Crippen LogP contribution < -0.4 is 10.1 Å². The number of hydrogen-bond acceptors (Lipinski definition) is 6. The number of methoxy groups -OCH3 is 1. The number of cyclic esters (lactones) is 1. The van der Waals surface area contributed by atoms with Crippen molar-refractivity contribution in [3.8, 4) is 5.75 Å². The summed E-state index contributed by atoms with van der Waals surface area (Å²) in [5.74, 6) is 0.00377. The van der Waals surface area contributed by atoms with Gasteiger partial charge in [0.25, 0.3) is 5.91 Å². The lowest BCUT2D eigenvalue weighted by Gasteiger charge is -2.37. The molecule has 0 bridgehead atoms. The van der Waals surface area contributed by atoms with Gasteiger partial charge in [0, 0.05) is 31.9 Å². The lowest BCUT2D eigenvalue weighted by Crippen LogP contribution is -2.54. The van der Waals surface area contributed by atoms with E-state index in [1.807, 2.05) is 42.2 Å². The number of aryl methyl sites for hydroxylation is 1. The molecular weight excluding hydrogens is 520 g/mol. The van der Waals surface area contributed by atoms with Gasteiger partial charge < -0.3 is 24.6 Å². The van der Waals surface area contributed by atoms with E-state index in [2.05, 4.69) is 17.1 Å². The lowest BCUT2D eigenvalue weighted by atomic mass is 9.99. The zero-order valence-corrected chi connectivity index (χ0v) is 23.7. The van der Waals surface area contributed by atoms with Crippen LogP contribution in [0.25, 0.3) is 0 Å². The predicted octanol–water partition coefficient (Wildman–Crippen LogP) is 4.48. The van der Waals surface area contributed by atoms with Crippen LogP contribution in [0.2, 0.25) is 0 Å². The van der Waals surface area contributed by atoms with Crippen molar-refractivity contribution in [2.45, 2.75) is 32.5 Å². The Kier molecular flexibility index (Phi) is 8.54. The van der Waals surface area contributed by atoms with E-state index in [0.717, 1.165) is 30.8 Å². The molecule has 2 aliphatic heterocycles. The van der Waals surface area contributed by atoms with Gasteiger partial charge in [-0.25, -0.2) is 4.79 Å². The van der Waals surface area contributed by atoms with Gasteiger partial charge in [-0.05, 0) is 48.9 Å². The van der Waals surface area contributed by atoms with E-state index in [9.17, 15) is 14.4 Å². The van der Waals surface area contributed by atoms with Gasteiger partial charge in [-0.1, -0.05) is 61.0 Å². The van der Waals surface area contributed by atoms with Gasteiger partial charge in [0.2, 0.25) is 5.91 Å². The maximum atomic E-state index is 14.0. The Morgan fingerprint density at radius 1 is 0.976 bits per heavy atom. The first-order valence-electron chi connectivity index (χ1n) is 14.0. The number of anilines is 1. The molecule has 2 unspecified atom stereocenters. The molecule has 2 atom stereocenters. The molecule has 0 radical (unpaired) electrons. The number of para-hydroxylation sites is 1. The SMILES string of the molecule is CCN1CCN(C(=O)C2C(c3cccc(NC(=O)c4ccccc4OC)c3)OC(=O)N2Cc2ccc(C)cc2)CC1. The third-order valence-corrected chi connectivity index (χ3v) is 7.77. The number of carbonyl (C=O) groups excluding carboxylic acids is 3. The fourth-order valence-corrected chi connectivity index (χ4v) is 5.38. The summed E-state index contributed by atoms with van der Waals surface area (Å²) in [5, 5.41) is 2.91. The zero-order chi connectivity index (χ0) is 28.9. The highest BCUT2D eigenvalue weighted by molar-refractivity contribution is 6.06. The molecule has 2 aliphatic rings. The molecule has 1 N–H and O–H groups in total. The fourth-order valence-electron chi connectivity index (χ4n) is 5.38. The summed E-state index contributed by atoms with van der Waals surface area (Å²) < 4.78 is 11.2. The number of carbonyl (C=O) groups is 3. The smallest absolute Gasteiger partial charge is 0.411 e. The van der Waals surface area contributed by atoms with Gasteiger partial charge in [-0.15, -0.1) is 0 Å². The van der Waals surface area contributed by atoms with E-state index in [0.29, 0.717) is 35.7 Å². The van der Waals surface area contributed by atoms with Crippen LogP contribution in [0, 0.1) is 6.92 Å². The Hall–Kier alpha value is -4.37. The second-order valence-corrected chi connectivity index (χ2v) is 10.4. The largest absolute Gasteiger partial charge is 0.496 e. The molecule has 9 heteroatoms. The van der Waals surface area contributed by atoms with Gasteiger partial charge in [0.1, 0.15) is 5.75 Å². The topological polar surface area (TPSA) is 91.4 Å². The molecule has 9 nitrogen and oxygen atoms in total. The molecule has 3 amide bonds. The molecule has 41 heavy (non-hydrogen) atoms. The van der Waals surface area contributed by atoms with Crippen LogP contribution in [-0.4, -0.2) is 78.5 Å². The number of ether oxygens (including phenoxy) is 2. The molecule has 0 spiro atoms. The first-order valence-corrected chi connectivity index (χ1v) is 14.0. The monoisotopic (exact) mass is 556 g/mol. The standard InChI is InChI=1S/C32H36N4O5/c1-4-34-16-18-35(19-17-34)31(38)28-29(41-32(39)36(28)21-23-14-12-22(2)13-15-23)24-8-7-9-25(20-24)33-30(37)26-10-5-6-11-27(26)40-3/h5-15,20,28-29H,4,16-19,21H2,1-3H3,(H,33,37). The average Bonchev–Trinajstić information content (AvgIpc) is 3.33. The van der Waals surface area contributed by atoms with E-state index in [-0.39, 0.29) is 18.4 Å². The summed E-state index contributed by atoms with van der Waals surface area (Å²) in [6, 6.07) is 21.2. The minimum Gasteiger partial charge on any atom is -0.496 e. The van der Waals surface area contributed by atoms with Crippen LogP contribution in [0.5, 0.6) is 5.75 Å². The second-order valence-electron chi connectivity index (χ2n) is 10.4. The normalized spacial score (nSPS) is 19.1. The molecule has 0 saturated carbocycles. The molecule has 2 saturated heterocycles. The van der Waals surface area contributed by atoms with Crippen LogP contribution in [0.15, 0.2) is 72.8 Å². The summed E-state index contributed by atoms with van der Waals surface area (Å²) in [5.41, 5.74) is 3.59.